The molecule has 2 aromatic heterocycles. The Morgan fingerprint density at radius 2 is 1.93 bits per heavy atom. The molecule has 3 aromatic rings. The van der Waals surface area contributed by atoms with E-state index in [0.717, 1.165) is 11.3 Å². The summed E-state index contributed by atoms with van der Waals surface area (Å²) in [6.45, 7) is 6.06. The van der Waals surface area contributed by atoms with E-state index in [1.54, 1.807) is 13.8 Å². The first kappa shape index (κ1) is 20.4. The van der Waals surface area contributed by atoms with Gasteiger partial charge in [-0.1, -0.05) is 30.3 Å². The maximum Gasteiger partial charge on any atom is 0.348 e. The minimum atomic E-state index is -0.368. The highest BCUT2D eigenvalue weighted by Crippen LogP contribution is 2.17. The molecule has 2 heterocycles. The van der Waals surface area contributed by atoms with Gasteiger partial charge in [-0.2, -0.15) is 10.1 Å². The maximum atomic E-state index is 12.4. The molecule has 0 bridgehead atoms. The lowest BCUT2D eigenvalue weighted by Crippen LogP contribution is -2.35. The van der Waals surface area contributed by atoms with E-state index >= 15 is 0 Å². The molecule has 0 aliphatic carbocycles. The second-order valence-electron chi connectivity index (χ2n) is 6.93. The second-order valence-corrected chi connectivity index (χ2v) is 6.93. The number of nitrogens with two attached hydrogens (primary N) is 1. The molecule has 0 saturated heterocycles. The first-order chi connectivity index (χ1) is 13.8. The van der Waals surface area contributed by atoms with E-state index in [4.69, 9.17) is 5.73 Å². The van der Waals surface area contributed by atoms with Gasteiger partial charge in [-0.25, -0.2) is 14.5 Å². The Hall–Kier alpha value is -3.33. The van der Waals surface area contributed by atoms with Gasteiger partial charge in [0.1, 0.15) is 12.4 Å². The summed E-state index contributed by atoms with van der Waals surface area (Å²) in [5, 5.41) is 7.25. The predicted molar refractivity (Wildman–Crippen MR) is 109 cm³/mol. The van der Waals surface area contributed by atoms with E-state index in [9.17, 15) is 9.59 Å². The van der Waals surface area contributed by atoms with Crippen LogP contribution in [-0.4, -0.2) is 36.8 Å². The van der Waals surface area contributed by atoms with Crippen molar-refractivity contribution in [3.63, 3.8) is 0 Å². The standard InChI is InChI=1S/C20H25N7O2/c1-13-11-14(2)26(20(29)23-13)10-9-22-17(28)12-27-19(15(3)21)24-18(25-27)16-7-5-4-6-8-16/h4-8,11,15H,9-10,12,21H2,1-3H3,(H,22,28)/t15-/m0/s1. The van der Waals surface area contributed by atoms with Crippen molar-refractivity contribution < 1.29 is 4.79 Å². The molecule has 1 atom stereocenters. The van der Waals surface area contributed by atoms with Gasteiger partial charge in [0, 0.05) is 30.0 Å². The number of amides is 1. The van der Waals surface area contributed by atoms with Gasteiger partial charge in [0.25, 0.3) is 0 Å². The van der Waals surface area contributed by atoms with Gasteiger partial charge < -0.3 is 11.1 Å². The number of aryl methyl sites for hydroxylation is 2. The van der Waals surface area contributed by atoms with Gasteiger partial charge >= 0.3 is 5.69 Å². The number of benzene rings is 1. The van der Waals surface area contributed by atoms with Crippen LogP contribution in [0.5, 0.6) is 0 Å². The average molecular weight is 395 g/mol. The summed E-state index contributed by atoms with van der Waals surface area (Å²) < 4.78 is 3.05. The fraction of sp³-hybridized carbons (Fsp3) is 0.350. The third kappa shape index (κ3) is 4.94. The van der Waals surface area contributed by atoms with Crippen molar-refractivity contribution in [1.82, 2.24) is 29.6 Å². The Kier molecular flexibility index (Phi) is 6.18. The predicted octanol–water partition coefficient (Wildman–Crippen LogP) is 0.955. The Bertz CT molecular complexity index is 1050. The summed E-state index contributed by atoms with van der Waals surface area (Å²) >= 11 is 0. The summed E-state index contributed by atoms with van der Waals surface area (Å²) in [6, 6.07) is 11.0. The van der Waals surface area contributed by atoms with Crippen molar-refractivity contribution in [2.45, 2.75) is 39.9 Å². The third-order valence-corrected chi connectivity index (χ3v) is 4.44. The highest BCUT2D eigenvalue weighted by Gasteiger charge is 2.17. The fourth-order valence-electron chi connectivity index (χ4n) is 3.06. The Morgan fingerprint density at radius 3 is 2.59 bits per heavy atom. The molecule has 1 amide bonds. The SMILES string of the molecule is Cc1cc(C)n(CCNC(=O)Cn2nc(-c3ccccc3)nc2[C@H](C)N)c(=O)n1. The molecule has 0 unspecified atom stereocenters. The number of nitrogens with one attached hydrogen (secondary N) is 1. The molecule has 0 aliphatic heterocycles. The molecular formula is C20H25N7O2. The molecule has 152 valence electrons. The minimum Gasteiger partial charge on any atom is -0.353 e. The molecule has 0 aliphatic rings. The van der Waals surface area contributed by atoms with Crippen molar-refractivity contribution in [2.24, 2.45) is 5.73 Å². The summed E-state index contributed by atoms with van der Waals surface area (Å²) in [5.41, 5.74) is 8.02. The fourth-order valence-corrected chi connectivity index (χ4v) is 3.06. The number of carbonyl (C=O) groups is 1. The number of hydrogen-bond donors (Lipinski definition) is 2. The molecule has 9 heteroatoms. The highest BCUT2D eigenvalue weighted by atomic mass is 16.2. The summed E-state index contributed by atoms with van der Waals surface area (Å²) in [4.78, 5) is 32.8. The smallest absolute Gasteiger partial charge is 0.348 e. The van der Waals surface area contributed by atoms with Crippen molar-refractivity contribution in [2.75, 3.05) is 6.54 Å². The van der Waals surface area contributed by atoms with Gasteiger partial charge in [0.05, 0.1) is 6.04 Å². The zero-order valence-corrected chi connectivity index (χ0v) is 16.8. The van der Waals surface area contributed by atoms with E-state index in [1.165, 1.54) is 9.25 Å². The molecule has 3 N–H and O–H groups in total. The summed E-state index contributed by atoms with van der Waals surface area (Å²) in [6.07, 6.45) is 0. The lowest BCUT2D eigenvalue weighted by molar-refractivity contribution is -0.121. The van der Waals surface area contributed by atoms with Crippen molar-refractivity contribution in [3.8, 4) is 11.4 Å². The third-order valence-electron chi connectivity index (χ3n) is 4.44. The monoisotopic (exact) mass is 395 g/mol. The molecule has 0 spiro atoms. The van der Waals surface area contributed by atoms with Crippen LogP contribution in [0.4, 0.5) is 0 Å². The van der Waals surface area contributed by atoms with Crippen LogP contribution in [0.15, 0.2) is 41.2 Å². The van der Waals surface area contributed by atoms with E-state index in [1.807, 2.05) is 43.3 Å². The molecule has 0 fully saturated rings. The van der Waals surface area contributed by atoms with Crippen molar-refractivity contribution in [1.29, 1.82) is 0 Å². The van der Waals surface area contributed by atoms with Crippen LogP contribution < -0.4 is 16.7 Å². The zero-order valence-electron chi connectivity index (χ0n) is 16.8. The van der Waals surface area contributed by atoms with Crippen molar-refractivity contribution in [3.05, 3.63) is 64.1 Å². The second kappa shape index (κ2) is 8.78. The first-order valence-electron chi connectivity index (χ1n) is 9.42. The van der Waals surface area contributed by atoms with Crippen LogP contribution in [-0.2, 0) is 17.9 Å². The summed E-state index contributed by atoms with van der Waals surface area (Å²) in [5.74, 6) is 0.828. The van der Waals surface area contributed by atoms with E-state index < -0.39 is 0 Å². The van der Waals surface area contributed by atoms with Crippen LogP contribution in [0.3, 0.4) is 0 Å². The van der Waals surface area contributed by atoms with Crippen LogP contribution in [0.1, 0.15) is 30.2 Å². The van der Waals surface area contributed by atoms with Gasteiger partial charge in [-0.3, -0.25) is 9.36 Å². The Morgan fingerprint density at radius 1 is 1.21 bits per heavy atom. The first-order valence-corrected chi connectivity index (χ1v) is 9.42. The van der Waals surface area contributed by atoms with E-state index in [-0.39, 0.29) is 24.2 Å². The van der Waals surface area contributed by atoms with Gasteiger partial charge in [0.15, 0.2) is 5.82 Å². The van der Waals surface area contributed by atoms with Crippen LogP contribution in [0.25, 0.3) is 11.4 Å². The number of aromatic nitrogens is 5. The zero-order chi connectivity index (χ0) is 21.0. The molecule has 9 nitrogen and oxygen atoms in total. The lowest BCUT2D eigenvalue weighted by Gasteiger charge is -2.11. The number of hydrogen-bond acceptors (Lipinski definition) is 6. The normalized spacial score (nSPS) is 12.0. The molecular weight excluding hydrogens is 370 g/mol. The number of rotatable bonds is 7. The largest absolute Gasteiger partial charge is 0.353 e. The van der Waals surface area contributed by atoms with Gasteiger partial charge in [0.2, 0.25) is 5.91 Å². The summed E-state index contributed by atoms with van der Waals surface area (Å²) in [7, 11) is 0. The van der Waals surface area contributed by atoms with E-state index in [0.29, 0.717) is 30.4 Å². The molecule has 1 aromatic carbocycles. The molecule has 0 radical (unpaired) electrons. The average Bonchev–Trinajstić information content (AvgIpc) is 3.08. The Balaban J connectivity index is 1.66. The number of nitrogens with zero attached hydrogens (tertiary/aromatic N) is 5. The van der Waals surface area contributed by atoms with Crippen molar-refractivity contribution >= 4 is 5.91 Å². The van der Waals surface area contributed by atoms with Crippen LogP contribution >= 0.6 is 0 Å². The van der Waals surface area contributed by atoms with Gasteiger partial charge in [-0.15, -0.1) is 0 Å². The maximum absolute atomic E-state index is 12.4. The molecule has 29 heavy (non-hydrogen) atoms. The molecule has 0 saturated carbocycles. The topological polar surface area (TPSA) is 121 Å². The highest BCUT2D eigenvalue weighted by molar-refractivity contribution is 5.75. The van der Waals surface area contributed by atoms with Gasteiger partial charge in [-0.05, 0) is 26.8 Å². The lowest BCUT2D eigenvalue weighted by atomic mass is 10.2. The molecule has 3 rings (SSSR count). The van der Waals surface area contributed by atoms with Crippen LogP contribution in [0, 0.1) is 13.8 Å². The van der Waals surface area contributed by atoms with Crippen LogP contribution in [0.2, 0.25) is 0 Å². The Labute approximate surface area is 168 Å². The van der Waals surface area contributed by atoms with E-state index in [2.05, 4.69) is 20.4 Å². The number of carbonyl (C=O) groups excluding carboxylic acids is 1. The minimum absolute atomic E-state index is 0.00324. The quantitative estimate of drug-likeness (QED) is 0.615.